The molecular formula is C6H5Cl2NO2. The maximum Gasteiger partial charge on any atom is 0.335 e. The van der Waals surface area contributed by atoms with Crippen LogP contribution in [0.4, 0.5) is 0 Å². The molecule has 3 nitrogen and oxygen atoms in total. The van der Waals surface area contributed by atoms with Crippen LogP contribution in [0.5, 0.6) is 0 Å². The van der Waals surface area contributed by atoms with Crippen molar-refractivity contribution >= 4 is 29.2 Å². The number of alkyl halides is 2. The molecule has 0 radical (unpaired) electrons. The molecular weight excluding hydrogens is 189 g/mol. The fourth-order valence-electron chi connectivity index (χ4n) is 0.661. The number of carboxylic acid groups (broad SMARTS) is 1. The Labute approximate surface area is 73.3 Å². The van der Waals surface area contributed by atoms with E-state index in [0.717, 1.165) is 0 Å². The zero-order valence-electron chi connectivity index (χ0n) is 5.34. The minimum Gasteiger partial charge on any atom is -0.478 e. The van der Waals surface area contributed by atoms with Crippen molar-refractivity contribution in [2.45, 2.75) is 4.46 Å². The predicted molar refractivity (Wildman–Crippen MR) is 42.4 cm³/mol. The Balaban J connectivity index is 2.89. The summed E-state index contributed by atoms with van der Waals surface area (Å²) in [4.78, 5) is 10.4. The maximum absolute atomic E-state index is 10.4. The molecule has 0 aliphatic carbocycles. The van der Waals surface area contributed by atoms with Gasteiger partial charge in [-0.2, -0.15) is 0 Å². The Morgan fingerprint density at radius 1 is 1.64 bits per heavy atom. The van der Waals surface area contributed by atoms with Crippen molar-refractivity contribution in [1.29, 1.82) is 0 Å². The molecule has 5 heteroatoms. The van der Waals surface area contributed by atoms with Gasteiger partial charge in [-0.25, -0.2) is 4.79 Å². The molecule has 0 spiro atoms. The van der Waals surface area contributed by atoms with Crippen molar-refractivity contribution in [2.75, 3.05) is 0 Å². The molecule has 1 aliphatic rings. The molecule has 1 heterocycles. The van der Waals surface area contributed by atoms with Crippen LogP contribution in [0.3, 0.4) is 0 Å². The van der Waals surface area contributed by atoms with E-state index >= 15 is 0 Å². The highest BCUT2D eigenvalue weighted by molar-refractivity contribution is 6.49. The van der Waals surface area contributed by atoms with E-state index in [1.807, 2.05) is 0 Å². The van der Waals surface area contributed by atoms with Crippen molar-refractivity contribution < 1.29 is 9.90 Å². The van der Waals surface area contributed by atoms with Crippen LogP contribution in [0.1, 0.15) is 0 Å². The number of hydrogen-bond donors (Lipinski definition) is 2. The molecule has 0 fully saturated rings. The van der Waals surface area contributed by atoms with Gasteiger partial charge in [-0.3, -0.25) is 0 Å². The van der Waals surface area contributed by atoms with Crippen LogP contribution in [0.15, 0.2) is 23.9 Å². The molecule has 1 rings (SSSR count). The summed E-state index contributed by atoms with van der Waals surface area (Å²) in [6.07, 6.45) is 3.99. The van der Waals surface area contributed by atoms with E-state index in [1.165, 1.54) is 18.4 Å². The standard InChI is InChI=1S/C6H5Cl2NO2/c7-6(8)3-4(5(10)11)1-2-9-6/h1-3,9H,(H,10,11). The number of aliphatic carboxylic acids is 1. The number of hydrogen-bond acceptors (Lipinski definition) is 2. The first-order valence-corrected chi connectivity index (χ1v) is 3.55. The van der Waals surface area contributed by atoms with Crippen molar-refractivity contribution in [1.82, 2.24) is 5.32 Å². The zero-order valence-corrected chi connectivity index (χ0v) is 6.86. The highest BCUT2D eigenvalue weighted by Crippen LogP contribution is 2.23. The van der Waals surface area contributed by atoms with Crippen LogP contribution in [0.2, 0.25) is 0 Å². The minimum atomic E-state index is -1.30. The topological polar surface area (TPSA) is 49.3 Å². The highest BCUT2D eigenvalue weighted by Gasteiger charge is 2.23. The van der Waals surface area contributed by atoms with Crippen LogP contribution < -0.4 is 5.32 Å². The number of nitrogens with one attached hydrogen (secondary N) is 1. The summed E-state index contributed by atoms with van der Waals surface area (Å²) in [5, 5.41) is 11.1. The second kappa shape index (κ2) is 2.75. The number of dihydropyridines is 1. The van der Waals surface area contributed by atoms with E-state index in [1.54, 1.807) is 0 Å². The van der Waals surface area contributed by atoms with Crippen molar-refractivity contribution in [2.24, 2.45) is 0 Å². The predicted octanol–water partition coefficient (Wildman–Crippen LogP) is 1.25. The van der Waals surface area contributed by atoms with Crippen molar-refractivity contribution in [3.8, 4) is 0 Å². The highest BCUT2D eigenvalue weighted by atomic mass is 35.5. The number of carboxylic acids is 1. The Morgan fingerprint density at radius 3 is 2.64 bits per heavy atom. The third-order valence-corrected chi connectivity index (χ3v) is 1.56. The molecule has 0 saturated carbocycles. The van der Waals surface area contributed by atoms with Gasteiger partial charge in [-0.1, -0.05) is 23.2 Å². The molecule has 0 amide bonds. The van der Waals surface area contributed by atoms with Crippen molar-refractivity contribution in [3.63, 3.8) is 0 Å². The Hall–Kier alpha value is -0.670. The Morgan fingerprint density at radius 2 is 2.27 bits per heavy atom. The van der Waals surface area contributed by atoms with E-state index in [2.05, 4.69) is 5.32 Å². The number of halogens is 2. The summed E-state index contributed by atoms with van der Waals surface area (Å²) >= 11 is 11.1. The first kappa shape index (κ1) is 8.43. The lowest BCUT2D eigenvalue weighted by Gasteiger charge is -2.19. The van der Waals surface area contributed by atoms with Crippen LogP contribution in [-0.4, -0.2) is 15.5 Å². The summed E-state index contributed by atoms with van der Waals surface area (Å²) in [7, 11) is 0. The van der Waals surface area contributed by atoms with E-state index in [9.17, 15) is 4.79 Å². The third-order valence-electron chi connectivity index (χ3n) is 1.12. The molecule has 0 unspecified atom stereocenters. The number of rotatable bonds is 1. The SMILES string of the molecule is O=C(O)C1=CC(Cl)(Cl)NC=C1. The minimum absolute atomic E-state index is 0.0775. The normalized spacial score (nSPS) is 20.4. The molecule has 0 atom stereocenters. The van der Waals surface area contributed by atoms with Gasteiger partial charge in [-0.05, 0) is 18.4 Å². The van der Waals surface area contributed by atoms with Crippen LogP contribution in [-0.2, 0) is 4.79 Å². The molecule has 0 aromatic carbocycles. The largest absolute Gasteiger partial charge is 0.478 e. The molecule has 0 bridgehead atoms. The van der Waals surface area contributed by atoms with Gasteiger partial charge in [0.05, 0.1) is 5.57 Å². The van der Waals surface area contributed by atoms with Gasteiger partial charge in [0.2, 0.25) is 4.46 Å². The zero-order chi connectivity index (χ0) is 8.48. The van der Waals surface area contributed by atoms with E-state index in [-0.39, 0.29) is 5.57 Å². The van der Waals surface area contributed by atoms with E-state index < -0.39 is 10.4 Å². The average molecular weight is 194 g/mol. The summed E-state index contributed by atoms with van der Waals surface area (Å²) in [6.45, 7) is 0. The first-order valence-electron chi connectivity index (χ1n) is 2.79. The van der Waals surface area contributed by atoms with E-state index in [0.29, 0.717) is 0 Å². The molecule has 2 N–H and O–H groups in total. The van der Waals surface area contributed by atoms with Gasteiger partial charge in [0.1, 0.15) is 0 Å². The Kier molecular flexibility index (Phi) is 2.11. The smallest absolute Gasteiger partial charge is 0.335 e. The van der Waals surface area contributed by atoms with Gasteiger partial charge >= 0.3 is 5.97 Å². The lowest BCUT2D eigenvalue weighted by atomic mass is 10.2. The van der Waals surface area contributed by atoms with Gasteiger partial charge in [0.15, 0.2) is 0 Å². The van der Waals surface area contributed by atoms with Gasteiger partial charge in [0, 0.05) is 0 Å². The average Bonchev–Trinajstić information content (AvgIpc) is 1.85. The van der Waals surface area contributed by atoms with Gasteiger partial charge < -0.3 is 10.4 Å². The molecule has 1 aliphatic heterocycles. The summed E-state index contributed by atoms with van der Waals surface area (Å²) in [6, 6.07) is 0. The quantitative estimate of drug-likeness (QED) is 0.487. The lowest BCUT2D eigenvalue weighted by molar-refractivity contribution is -0.132. The van der Waals surface area contributed by atoms with Gasteiger partial charge in [0.25, 0.3) is 0 Å². The monoisotopic (exact) mass is 193 g/mol. The van der Waals surface area contributed by atoms with Crippen LogP contribution in [0.25, 0.3) is 0 Å². The molecule has 11 heavy (non-hydrogen) atoms. The second-order valence-electron chi connectivity index (χ2n) is 2.01. The summed E-state index contributed by atoms with van der Waals surface area (Å²) < 4.78 is -1.30. The fraction of sp³-hybridized carbons (Fsp3) is 0.167. The van der Waals surface area contributed by atoms with E-state index in [4.69, 9.17) is 28.3 Å². The maximum atomic E-state index is 10.4. The van der Waals surface area contributed by atoms with Crippen molar-refractivity contribution in [3.05, 3.63) is 23.9 Å². The summed E-state index contributed by atoms with van der Waals surface area (Å²) in [5.41, 5.74) is 0.0775. The fourth-order valence-corrected chi connectivity index (χ4v) is 1.02. The van der Waals surface area contributed by atoms with Crippen LogP contribution in [0, 0.1) is 0 Å². The molecule has 0 saturated heterocycles. The third kappa shape index (κ3) is 2.13. The van der Waals surface area contributed by atoms with Gasteiger partial charge in [-0.15, -0.1) is 0 Å². The molecule has 0 aromatic heterocycles. The van der Waals surface area contributed by atoms with Crippen LogP contribution >= 0.6 is 23.2 Å². The second-order valence-corrected chi connectivity index (χ2v) is 3.39. The number of carbonyl (C=O) groups is 1. The molecule has 60 valence electrons. The summed E-state index contributed by atoms with van der Waals surface area (Å²) in [5.74, 6) is -1.05. The molecule has 0 aromatic rings. The lowest BCUT2D eigenvalue weighted by Crippen LogP contribution is -2.30. The Bertz CT molecular complexity index is 245. The first-order chi connectivity index (χ1) is 5.01.